The maximum Gasteiger partial charge on any atom is 0.516 e. The lowest BCUT2D eigenvalue weighted by Gasteiger charge is -2.11. The van der Waals surface area contributed by atoms with E-state index in [-0.39, 0.29) is 12.2 Å². The Morgan fingerprint density at radius 2 is 1.63 bits per heavy atom. The number of carbonyl (C=O) groups excluding carboxylic acids is 1. The first-order chi connectivity index (χ1) is 8.62. The van der Waals surface area contributed by atoms with Gasteiger partial charge in [-0.15, -0.1) is 0 Å². The Kier molecular flexibility index (Phi) is 4.24. The minimum absolute atomic E-state index is 0.145. The van der Waals surface area contributed by atoms with Gasteiger partial charge in [0.05, 0.1) is 6.54 Å². The van der Waals surface area contributed by atoms with E-state index in [2.05, 4.69) is 5.32 Å². The van der Waals surface area contributed by atoms with Crippen LogP contribution in [0, 0.1) is 0 Å². The molecule has 0 radical (unpaired) electrons. The van der Waals surface area contributed by atoms with Gasteiger partial charge in [-0.05, 0) is 24.3 Å². The van der Waals surface area contributed by atoms with Crippen LogP contribution in [0.3, 0.4) is 0 Å². The minimum atomic E-state index is -5.43. The molecule has 0 atom stereocenters. The predicted octanol–water partition coefficient (Wildman–Crippen LogP) is 0.845. The zero-order valence-corrected chi connectivity index (χ0v) is 10.2. The largest absolute Gasteiger partial charge is 0.516 e. The number of amides is 1. The Balaban J connectivity index is 2.75. The molecule has 1 aromatic carbocycles. The van der Waals surface area contributed by atoms with Crippen molar-refractivity contribution in [3.63, 3.8) is 0 Å². The van der Waals surface area contributed by atoms with Crippen molar-refractivity contribution < 1.29 is 26.4 Å². The Hall–Kier alpha value is -1.97. The van der Waals surface area contributed by atoms with E-state index >= 15 is 0 Å². The summed E-state index contributed by atoms with van der Waals surface area (Å²) in [6, 6.07) is 4.84. The molecule has 6 nitrogen and oxygen atoms in total. The number of anilines is 2. The molecule has 1 aromatic rings. The van der Waals surface area contributed by atoms with Gasteiger partial charge >= 0.3 is 15.5 Å². The summed E-state index contributed by atoms with van der Waals surface area (Å²) in [6.45, 7) is -0.145. The average molecular weight is 297 g/mol. The summed E-state index contributed by atoms with van der Waals surface area (Å²) < 4.78 is 59.3. The average Bonchev–Trinajstić information content (AvgIpc) is 2.26. The van der Waals surface area contributed by atoms with E-state index in [4.69, 9.17) is 5.73 Å². The number of nitrogens with one attached hydrogen (secondary N) is 2. The topological polar surface area (TPSA) is 101 Å². The molecule has 0 saturated carbocycles. The van der Waals surface area contributed by atoms with Crippen LogP contribution < -0.4 is 15.8 Å². The number of sulfonamides is 1. The van der Waals surface area contributed by atoms with Crippen LogP contribution in [0.1, 0.15) is 0 Å². The lowest BCUT2D eigenvalue weighted by molar-refractivity contribution is -0.116. The van der Waals surface area contributed by atoms with Crippen LogP contribution in [0.5, 0.6) is 0 Å². The fraction of sp³-hybridized carbons (Fsp3) is 0.222. The molecule has 106 valence electrons. The van der Waals surface area contributed by atoms with Crippen molar-refractivity contribution in [2.45, 2.75) is 5.51 Å². The second-order valence-electron chi connectivity index (χ2n) is 3.45. The van der Waals surface area contributed by atoms with Crippen molar-refractivity contribution in [2.24, 2.45) is 5.73 Å². The number of nitrogens with two attached hydrogens (primary N) is 1. The van der Waals surface area contributed by atoms with E-state index in [1.165, 1.54) is 16.9 Å². The van der Waals surface area contributed by atoms with Crippen LogP contribution in [0.4, 0.5) is 24.5 Å². The molecule has 0 saturated heterocycles. The van der Waals surface area contributed by atoms with Gasteiger partial charge in [0.2, 0.25) is 5.91 Å². The Morgan fingerprint density at radius 1 is 1.16 bits per heavy atom. The fourth-order valence-electron chi connectivity index (χ4n) is 1.06. The molecule has 1 rings (SSSR count). The van der Waals surface area contributed by atoms with Crippen molar-refractivity contribution in [1.29, 1.82) is 0 Å². The Bertz CT molecular complexity index is 554. The monoisotopic (exact) mass is 297 g/mol. The highest BCUT2D eigenvalue weighted by molar-refractivity contribution is 7.93. The van der Waals surface area contributed by atoms with Crippen molar-refractivity contribution in [1.82, 2.24) is 0 Å². The summed E-state index contributed by atoms with van der Waals surface area (Å²) in [5, 5.41) is 2.59. The van der Waals surface area contributed by atoms with Crippen LogP contribution in [0.2, 0.25) is 0 Å². The SMILES string of the molecule is NC(=O)CNc1ccc(NS(=O)(=O)C(F)(F)F)cc1. The molecule has 0 spiro atoms. The molecule has 1 amide bonds. The molecule has 0 aliphatic carbocycles. The lowest BCUT2D eigenvalue weighted by atomic mass is 10.3. The fourth-order valence-corrected chi connectivity index (χ4v) is 1.62. The number of hydrogen-bond donors (Lipinski definition) is 3. The van der Waals surface area contributed by atoms with Crippen molar-refractivity contribution in [3.05, 3.63) is 24.3 Å². The summed E-state index contributed by atoms with van der Waals surface area (Å²) in [5.74, 6) is -0.609. The molecule has 0 bridgehead atoms. The van der Waals surface area contributed by atoms with Gasteiger partial charge in [0.1, 0.15) is 0 Å². The number of hydrogen-bond acceptors (Lipinski definition) is 4. The zero-order chi connectivity index (χ0) is 14.7. The van der Waals surface area contributed by atoms with Gasteiger partial charge in [0, 0.05) is 11.4 Å². The number of primary amides is 1. The standard InChI is InChI=1S/C9H10F3N3O3S/c10-9(11,12)19(17,18)15-7-3-1-6(2-4-7)14-5-8(13)16/h1-4,14-15H,5H2,(H2,13,16). The van der Waals surface area contributed by atoms with Gasteiger partial charge < -0.3 is 11.1 Å². The molecule has 10 heteroatoms. The van der Waals surface area contributed by atoms with Crippen molar-refractivity contribution >= 4 is 27.3 Å². The number of carbonyl (C=O) groups is 1. The van der Waals surface area contributed by atoms with Crippen LogP contribution in [-0.4, -0.2) is 26.4 Å². The van der Waals surface area contributed by atoms with Gasteiger partial charge in [-0.3, -0.25) is 9.52 Å². The highest BCUT2D eigenvalue weighted by Gasteiger charge is 2.45. The third kappa shape index (κ3) is 4.32. The van der Waals surface area contributed by atoms with E-state index < -0.39 is 21.4 Å². The molecule has 19 heavy (non-hydrogen) atoms. The van der Waals surface area contributed by atoms with E-state index in [1.54, 1.807) is 0 Å². The third-order valence-corrected chi connectivity index (χ3v) is 3.02. The maximum absolute atomic E-state index is 12.1. The predicted molar refractivity (Wildman–Crippen MR) is 62.7 cm³/mol. The lowest BCUT2D eigenvalue weighted by Crippen LogP contribution is -2.29. The first kappa shape index (κ1) is 15.1. The zero-order valence-electron chi connectivity index (χ0n) is 9.36. The van der Waals surface area contributed by atoms with E-state index in [0.717, 1.165) is 12.1 Å². The summed E-state index contributed by atoms with van der Waals surface area (Å²) in [4.78, 5) is 10.5. The third-order valence-electron chi connectivity index (χ3n) is 1.91. The molecule has 0 fully saturated rings. The Labute approximate surface area is 106 Å². The van der Waals surface area contributed by atoms with Gasteiger partial charge in [-0.25, -0.2) is 0 Å². The highest BCUT2D eigenvalue weighted by Crippen LogP contribution is 2.25. The smallest absolute Gasteiger partial charge is 0.376 e. The molecule has 0 aliphatic rings. The highest BCUT2D eigenvalue weighted by atomic mass is 32.2. The van der Waals surface area contributed by atoms with Crippen LogP contribution in [0.25, 0.3) is 0 Å². The van der Waals surface area contributed by atoms with Gasteiger partial charge in [0.15, 0.2) is 0 Å². The van der Waals surface area contributed by atoms with Gasteiger partial charge in [-0.2, -0.15) is 21.6 Å². The van der Waals surface area contributed by atoms with E-state index in [9.17, 15) is 26.4 Å². The van der Waals surface area contributed by atoms with Crippen molar-refractivity contribution in [3.8, 4) is 0 Å². The molecule has 0 aromatic heterocycles. The van der Waals surface area contributed by atoms with E-state index in [1.807, 2.05) is 0 Å². The number of benzene rings is 1. The van der Waals surface area contributed by atoms with E-state index in [0.29, 0.717) is 5.69 Å². The van der Waals surface area contributed by atoms with Gasteiger partial charge in [0.25, 0.3) is 0 Å². The molecule has 0 heterocycles. The Morgan fingerprint density at radius 3 is 2.05 bits per heavy atom. The number of alkyl halides is 3. The van der Waals surface area contributed by atoms with Crippen molar-refractivity contribution in [2.75, 3.05) is 16.6 Å². The molecule has 0 unspecified atom stereocenters. The molecular weight excluding hydrogens is 287 g/mol. The summed E-state index contributed by atoms with van der Waals surface area (Å²) in [7, 11) is -5.43. The number of halogens is 3. The first-order valence-corrected chi connectivity index (χ1v) is 6.31. The van der Waals surface area contributed by atoms with Crippen LogP contribution >= 0.6 is 0 Å². The second-order valence-corrected chi connectivity index (χ2v) is 5.12. The quantitative estimate of drug-likeness (QED) is 0.749. The summed E-state index contributed by atoms with van der Waals surface area (Å²) in [6.07, 6.45) is 0. The molecule has 0 aliphatic heterocycles. The van der Waals surface area contributed by atoms with Crippen LogP contribution in [0.15, 0.2) is 24.3 Å². The van der Waals surface area contributed by atoms with Crippen LogP contribution in [-0.2, 0) is 14.8 Å². The summed E-state index contributed by atoms with van der Waals surface area (Å²) >= 11 is 0. The normalized spacial score (nSPS) is 11.9. The first-order valence-electron chi connectivity index (χ1n) is 4.83. The number of rotatable bonds is 5. The molecule has 4 N–H and O–H groups in total. The maximum atomic E-state index is 12.1. The molecular formula is C9H10F3N3O3S. The second kappa shape index (κ2) is 5.34. The van der Waals surface area contributed by atoms with Gasteiger partial charge in [-0.1, -0.05) is 0 Å². The minimum Gasteiger partial charge on any atom is -0.376 e. The summed E-state index contributed by atoms with van der Waals surface area (Å²) in [5.41, 5.74) is -0.333.